The van der Waals surface area contributed by atoms with Gasteiger partial charge >= 0.3 is 0 Å². The van der Waals surface area contributed by atoms with E-state index in [-0.39, 0.29) is 43.5 Å². The fourth-order valence-electron chi connectivity index (χ4n) is 4.89. The largest absolute Gasteiger partial charge is 0.490 e. The lowest BCUT2D eigenvalue weighted by Crippen LogP contribution is -2.59. The first-order chi connectivity index (χ1) is 14.9. The number of amides is 2. The molecule has 2 fully saturated rings. The third-order valence-corrected chi connectivity index (χ3v) is 6.93. The zero-order valence-corrected chi connectivity index (χ0v) is 17.7. The summed E-state index contributed by atoms with van der Waals surface area (Å²) in [6, 6.07) is 2.69. The lowest BCUT2D eigenvalue weighted by Gasteiger charge is -2.42. The highest BCUT2D eigenvalue weighted by Crippen LogP contribution is 2.35. The van der Waals surface area contributed by atoms with Crippen molar-refractivity contribution < 1.29 is 28.9 Å². The van der Waals surface area contributed by atoms with E-state index in [0.29, 0.717) is 36.6 Å². The Morgan fingerprint density at radius 1 is 1.26 bits per heavy atom. The van der Waals surface area contributed by atoms with Crippen LogP contribution in [0.2, 0.25) is 0 Å². The molecule has 170 valence electrons. The van der Waals surface area contributed by atoms with E-state index in [4.69, 9.17) is 4.74 Å². The Labute approximate surface area is 181 Å². The van der Waals surface area contributed by atoms with Gasteiger partial charge in [-0.25, -0.2) is 4.39 Å². The summed E-state index contributed by atoms with van der Waals surface area (Å²) < 4.78 is 19.8. The molecule has 0 aromatic heterocycles. The predicted molar refractivity (Wildman–Crippen MR) is 112 cm³/mol. The van der Waals surface area contributed by atoms with Crippen molar-refractivity contribution in [3.63, 3.8) is 0 Å². The third kappa shape index (κ3) is 4.85. The molecule has 2 atom stereocenters. The highest BCUT2D eigenvalue weighted by Gasteiger charge is 2.43. The maximum atomic E-state index is 14.0. The number of aliphatic hydroxyl groups is 2. The van der Waals surface area contributed by atoms with Gasteiger partial charge in [0.25, 0.3) is 0 Å². The molecule has 31 heavy (non-hydrogen) atoms. The average molecular weight is 435 g/mol. The minimum Gasteiger partial charge on any atom is -0.490 e. The molecule has 1 aromatic rings. The van der Waals surface area contributed by atoms with E-state index in [2.05, 4.69) is 5.32 Å². The molecule has 2 amide bonds. The maximum absolute atomic E-state index is 14.0. The summed E-state index contributed by atoms with van der Waals surface area (Å²) >= 11 is 0. The smallest absolute Gasteiger partial charge is 0.224 e. The van der Waals surface area contributed by atoms with Crippen LogP contribution in [0.1, 0.15) is 56.9 Å². The van der Waals surface area contributed by atoms with E-state index in [0.717, 1.165) is 12.8 Å². The fourth-order valence-corrected chi connectivity index (χ4v) is 4.89. The Morgan fingerprint density at radius 2 is 2.03 bits per heavy atom. The Bertz CT molecular complexity index is 842. The second-order valence-corrected chi connectivity index (χ2v) is 9.15. The normalized spacial score (nSPS) is 26.9. The predicted octanol–water partition coefficient (Wildman–Crippen LogP) is 2.38. The number of anilines is 1. The van der Waals surface area contributed by atoms with Gasteiger partial charge in [0.1, 0.15) is 29.9 Å². The summed E-state index contributed by atoms with van der Waals surface area (Å²) in [5, 5.41) is 24.1. The van der Waals surface area contributed by atoms with E-state index in [9.17, 15) is 24.2 Å². The minimum atomic E-state index is -1.50. The number of benzene rings is 1. The van der Waals surface area contributed by atoms with E-state index in [1.165, 1.54) is 31.4 Å². The van der Waals surface area contributed by atoms with Crippen molar-refractivity contribution >= 4 is 17.5 Å². The lowest BCUT2D eigenvalue weighted by atomic mass is 9.85. The first kappa shape index (κ1) is 22.0. The van der Waals surface area contributed by atoms with E-state index in [1.54, 1.807) is 4.90 Å². The van der Waals surface area contributed by atoms with E-state index >= 15 is 0 Å². The quantitative estimate of drug-likeness (QED) is 0.661. The molecule has 0 bridgehead atoms. The number of aliphatic hydroxyl groups excluding tert-OH is 1. The number of carbonyl (C=O) groups is 2. The van der Waals surface area contributed by atoms with Crippen molar-refractivity contribution in [2.75, 3.05) is 25.0 Å². The topological polar surface area (TPSA) is 99.1 Å². The molecular formula is C23H31FN2O5. The van der Waals surface area contributed by atoms with Gasteiger partial charge in [0.05, 0.1) is 5.69 Å². The molecule has 3 N–H and O–H groups in total. The molecule has 0 radical (unpaired) electrons. The van der Waals surface area contributed by atoms with Crippen LogP contribution in [0.5, 0.6) is 5.75 Å². The maximum Gasteiger partial charge on any atom is 0.224 e. The Hall–Kier alpha value is -2.19. The number of nitrogens with one attached hydrogen (secondary N) is 1. The summed E-state index contributed by atoms with van der Waals surface area (Å²) in [6.45, 7) is 0.258. The molecule has 2 heterocycles. The van der Waals surface area contributed by atoms with Crippen LogP contribution in [0.3, 0.4) is 0 Å². The Balaban J connectivity index is 1.35. The highest BCUT2D eigenvalue weighted by atomic mass is 19.1. The number of nitrogens with zero attached hydrogens (tertiary/aromatic N) is 1. The summed E-state index contributed by atoms with van der Waals surface area (Å²) in [4.78, 5) is 25.9. The molecular weight excluding hydrogens is 403 g/mol. The zero-order chi connectivity index (χ0) is 22.0. The molecule has 4 rings (SSSR count). The van der Waals surface area contributed by atoms with Crippen LogP contribution in [0.4, 0.5) is 10.1 Å². The third-order valence-electron chi connectivity index (χ3n) is 6.93. The van der Waals surface area contributed by atoms with Crippen molar-refractivity contribution in [1.82, 2.24) is 4.90 Å². The van der Waals surface area contributed by atoms with Gasteiger partial charge in [0.15, 0.2) is 0 Å². The fraction of sp³-hybridized carbons (Fsp3) is 0.652. The van der Waals surface area contributed by atoms with E-state index in [1.807, 2.05) is 0 Å². The van der Waals surface area contributed by atoms with Crippen LogP contribution in [-0.4, -0.2) is 58.3 Å². The number of carbonyl (C=O) groups excluding carboxylic acids is 2. The molecule has 8 heteroatoms. The Kier molecular flexibility index (Phi) is 6.48. The van der Waals surface area contributed by atoms with Crippen LogP contribution in [0, 0.1) is 11.7 Å². The number of fused-ring (bicyclic) bond motifs is 1. The summed E-state index contributed by atoms with van der Waals surface area (Å²) in [5.41, 5.74) is -0.830. The Morgan fingerprint density at radius 3 is 2.77 bits per heavy atom. The monoisotopic (exact) mass is 434 g/mol. The summed E-state index contributed by atoms with van der Waals surface area (Å²) in [7, 11) is 0. The molecule has 3 aliphatic rings. The van der Waals surface area contributed by atoms with Crippen molar-refractivity contribution in [2.24, 2.45) is 5.92 Å². The molecule has 0 unspecified atom stereocenters. The van der Waals surface area contributed by atoms with Gasteiger partial charge in [0.2, 0.25) is 11.8 Å². The first-order valence-corrected chi connectivity index (χ1v) is 11.3. The second-order valence-electron chi connectivity index (χ2n) is 9.15. The van der Waals surface area contributed by atoms with Crippen LogP contribution in [-0.2, 0) is 16.0 Å². The van der Waals surface area contributed by atoms with Crippen molar-refractivity contribution in [3.8, 4) is 5.75 Å². The summed E-state index contributed by atoms with van der Waals surface area (Å²) in [6.07, 6.45) is 5.92. The summed E-state index contributed by atoms with van der Waals surface area (Å²) in [5.74, 6) is 0.0690. The number of halogens is 1. The molecule has 0 spiro atoms. The van der Waals surface area contributed by atoms with Crippen molar-refractivity contribution in [3.05, 3.63) is 23.5 Å². The zero-order valence-electron chi connectivity index (χ0n) is 17.7. The van der Waals surface area contributed by atoms with Crippen molar-refractivity contribution in [2.45, 2.75) is 69.5 Å². The van der Waals surface area contributed by atoms with Gasteiger partial charge in [-0.2, -0.15) is 0 Å². The molecule has 1 aliphatic carbocycles. The van der Waals surface area contributed by atoms with Gasteiger partial charge in [-0.1, -0.05) is 19.3 Å². The van der Waals surface area contributed by atoms with Crippen LogP contribution in [0.15, 0.2) is 12.1 Å². The highest BCUT2D eigenvalue weighted by molar-refractivity contribution is 5.94. The van der Waals surface area contributed by atoms with Crippen LogP contribution < -0.4 is 10.1 Å². The first-order valence-electron chi connectivity index (χ1n) is 11.3. The molecule has 1 saturated heterocycles. The van der Waals surface area contributed by atoms with Crippen molar-refractivity contribution in [1.29, 1.82) is 0 Å². The molecule has 1 saturated carbocycles. The van der Waals surface area contributed by atoms with Gasteiger partial charge in [-0.05, 0) is 43.7 Å². The molecule has 2 aliphatic heterocycles. The van der Waals surface area contributed by atoms with Gasteiger partial charge in [-0.15, -0.1) is 0 Å². The van der Waals surface area contributed by atoms with Gasteiger partial charge in [0, 0.05) is 31.5 Å². The number of β-amino-alcohol motifs (C(OH)–C–C–N with tert-alkyl or cyclic N) is 1. The number of ether oxygens (including phenoxy) is 1. The average Bonchev–Trinajstić information content (AvgIpc) is 2.76. The number of hydrogen-bond donors (Lipinski definition) is 3. The van der Waals surface area contributed by atoms with Crippen LogP contribution in [0.25, 0.3) is 0 Å². The second kappa shape index (κ2) is 9.12. The van der Waals surface area contributed by atoms with Gasteiger partial charge in [-0.3, -0.25) is 9.59 Å². The van der Waals surface area contributed by atoms with E-state index < -0.39 is 17.5 Å². The number of likely N-dealkylation sites (tertiary alicyclic amines) is 1. The SMILES string of the molecule is O=C1CCc2c(OC[C@]3(O)CCN(C(=O)CC4CCCCC4)C[C@H]3O)ccc(F)c2N1. The number of rotatable bonds is 5. The number of hydrogen-bond acceptors (Lipinski definition) is 5. The standard InChI is InChI=1S/C23H31FN2O5/c24-17-7-8-18(16-6-9-20(28)25-22(16)17)31-14-23(30)10-11-26(13-19(23)27)21(29)12-15-4-2-1-3-5-15/h7-8,15,19,27,30H,1-6,9-14H2,(H,25,28)/t19-,23-/m1/s1. The molecule has 7 nitrogen and oxygen atoms in total. The molecule has 1 aromatic carbocycles. The van der Waals surface area contributed by atoms with Crippen LogP contribution >= 0.6 is 0 Å². The lowest BCUT2D eigenvalue weighted by molar-refractivity contribution is -0.156. The minimum absolute atomic E-state index is 0.0391. The number of piperidine rings is 1. The van der Waals surface area contributed by atoms with Gasteiger partial charge < -0.3 is 25.2 Å².